The Morgan fingerprint density at radius 3 is 2.86 bits per heavy atom. The first-order valence-corrected chi connectivity index (χ1v) is 7.20. The predicted octanol–water partition coefficient (Wildman–Crippen LogP) is 2.87. The van der Waals surface area contributed by atoms with Gasteiger partial charge in [0.15, 0.2) is 0 Å². The van der Waals surface area contributed by atoms with E-state index in [4.69, 9.17) is 0 Å². The number of aromatic nitrogens is 4. The zero-order valence-corrected chi connectivity index (χ0v) is 12.3. The second kappa shape index (κ2) is 5.91. The topological polar surface area (TPSA) is 55.1 Å². The molecule has 0 saturated heterocycles. The summed E-state index contributed by atoms with van der Waals surface area (Å²) in [5, 5.41) is 7.71. The number of nitrogens with one attached hydrogen (secondary N) is 1. The normalized spacial score (nSPS) is 12.5. The van der Waals surface area contributed by atoms with Gasteiger partial charge >= 0.3 is 0 Å². The first-order chi connectivity index (χ1) is 10.2. The van der Waals surface area contributed by atoms with Crippen LogP contribution >= 0.6 is 0 Å². The van der Waals surface area contributed by atoms with Crippen LogP contribution in [0.3, 0.4) is 0 Å². The van der Waals surface area contributed by atoms with E-state index < -0.39 is 0 Å². The molecule has 2 aromatic heterocycles. The van der Waals surface area contributed by atoms with Crippen molar-refractivity contribution >= 4 is 11.6 Å². The Hall–Kier alpha value is -2.43. The molecule has 0 bridgehead atoms. The van der Waals surface area contributed by atoms with Crippen molar-refractivity contribution in [2.24, 2.45) is 0 Å². The number of hydrogen-bond donors (Lipinski definition) is 1. The van der Waals surface area contributed by atoms with Crippen LogP contribution in [0.25, 0.3) is 5.78 Å². The van der Waals surface area contributed by atoms with Crippen LogP contribution in [-0.4, -0.2) is 25.6 Å². The molecule has 0 saturated carbocycles. The van der Waals surface area contributed by atoms with Gasteiger partial charge in [-0.3, -0.25) is 0 Å². The zero-order valence-electron chi connectivity index (χ0n) is 12.3. The Balaban J connectivity index is 1.68. The minimum Gasteiger partial charge on any atom is -0.367 e. The molecule has 1 N–H and O–H groups in total. The molecule has 5 nitrogen and oxygen atoms in total. The van der Waals surface area contributed by atoms with Gasteiger partial charge in [-0.2, -0.15) is 14.6 Å². The van der Waals surface area contributed by atoms with Crippen molar-refractivity contribution < 1.29 is 0 Å². The Morgan fingerprint density at radius 1 is 1.24 bits per heavy atom. The lowest BCUT2D eigenvalue weighted by molar-refractivity contribution is 0.697. The number of hydrogen-bond acceptors (Lipinski definition) is 4. The van der Waals surface area contributed by atoms with Crippen molar-refractivity contribution in [3.8, 4) is 0 Å². The summed E-state index contributed by atoms with van der Waals surface area (Å²) in [4.78, 5) is 8.49. The maximum atomic E-state index is 4.35. The summed E-state index contributed by atoms with van der Waals surface area (Å²) < 4.78 is 1.74. The van der Waals surface area contributed by atoms with Crippen LogP contribution in [0.1, 0.15) is 24.6 Å². The number of rotatable bonds is 5. The number of nitrogens with zero attached hydrogens (tertiary/aromatic N) is 4. The summed E-state index contributed by atoms with van der Waals surface area (Å²) in [6.07, 6.45) is 3.64. The van der Waals surface area contributed by atoms with E-state index >= 15 is 0 Å². The SMILES string of the molecule is Cc1cc(N[C@H](C)CCc2ccccc2)n2ncnc2n1. The summed E-state index contributed by atoms with van der Waals surface area (Å²) in [6, 6.07) is 12.9. The fourth-order valence-electron chi connectivity index (χ4n) is 2.39. The second-order valence-corrected chi connectivity index (χ2v) is 5.32. The van der Waals surface area contributed by atoms with Gasteiger partial charge < -0.3 is 5.32 Å². The van der Waals surface area contributed by atoms with Crippen molar-refractivity contribution in [3.63, 3.8) is 0 Å². The van der Waals surface area contributed by atoms with E-state index in [1.807, 2.05) is 19.1 Å². The molecule has 0 amide bonds. The highest BCUT2D eigenvalue weighted by molar-refractivity contribution is 5.45. The van der Waals surface area contributed by atoms with Crippen LogP contribution in [0.4, 0.5) is 5.82 Å². The highest BCUT2D eigenvalue weighted by Crippen LogP contribution is 2.13. The van der Waals surface area contributed by atoms with Gasteiger partial charge in [-0.1, -0.05) is 30.3 Å². The largest absolute Gasteiger partial charge is 0.367 e. The molecule has 2 heterocycles. The van der Waals surface area contributed by atoms with Gasteiger partial charge in [0, 0.05) is 17.8 Å². The summed E-state index contributed by atoms with van der Waals surface area (Å²) in [7, 11) is 0. The average molecular weight is 281 g/mol. The smallest absolute Gasteiger partial charge is 0.254 e. The maximum Gasteiger partial charge on any atom is 0.254 e. The van der Waals surface area contributed by atoms with Gasteiger partial charge in [0.05, 0.1) is 0 Å². The maximum absolute atomic E-state index is 4.35. The Kier molecular flexibility index (Phi) is 3.81. The van der Waals surface area contributed by atoms with E-state index in [1.165, 1.54) is 11.9 Å². The van der Waals surface area contributed by atoms with Gasteiger partial charge in [0.25, 0.3) is 5.78 Å². The van der Waals surface area contributed by atoms with Crippen LogP contribution in [0, 0.1) is 6.92 Å². The summed E-state index contributed by atoms with van der Waals surface area (Å²) in [5.41, 5.74) is 2.30. The van der Waals surface area contributed by atoms with E-state index in [0.717, 1.165) is 24.4 Å². The Bertz CT molecular complexity index is 720. The molecule has 21 heavy (non-hydrogen) atoms. The van der Waals surface area contributed by atoms with Crippen molar-refractivity contribution in [3.05, 3.63) is 54.0 Å². The molecule has 1 aromatic carbocycles. The first kappa shape index (κ1) is 13.5. The third-order valence-corrected chi connectivity index (χ3v) is 3.48. The van der Waals surface area contributed by atoms with Gasteiger partial charge in [0.2, 0.25) is 0 Å². The summed E-state index contributed by atoms with van der Waals surface area (Å²) >= 11 is 0. The third-order valence-electron chi connectivity index (χ3n) is 3.48. The van der Waals surface area contributed by atoms with Crippen LogP contribution in [0.5, 0.6) is 0 Å². The highest BCUT2D eigenvalue weighted by atomic mass is 15.4. The van der Waals surface area contributed by atoms with Crippen molar-refractivity contribution in [1.29, 1.82) is 0 Å². The van der Waals surface area contributed by atoms with Crippen LogP contribution in [-0.2, 0) is 6.42 Å². The van der Waals surface area contributed by atoms with E-state index in [-0.39, 0.29) is 0 Å². The van der Waals surface area contributed by atoms with Crippen LogP contribution < -0.4 is 5.32 Å². The lowest BCUT2D eigenvalue weighted by atomic mass is 10.1. The van der Waals surface area contributed by atoms with E-state index in [1.54, 1.807) is 4.52 Å². The fraction of sp³-hybridized carbons (Fsp3) is 0.312. The van der Waals surface area contributed by atoms with Gasteiger partial charge in [0.1, 0.15) is 12.1 Å². The lowest BCUT2D eigenvalue weighted by Crippen LogP contribution is -2.18. The van der Waals surface area contributed by atoms with E-state index in [0.29, 0.717) is 11.8 Å². The molecule has 0 radical (unpaired) electrons. The summed E-state index contributed by atoms with van der Waals surface area (Å²) in [5.74, 6) is 1.57. The molecule has 108 valence electrons. The van der Waals surface area contributed by atoms with Crippen LogP contribution in [0.2, 0.25) is 0 Å². The molecule has 1 atom stereocenters. The van der Waals surface area contributed by atoms with Crippen molar-refractivity contribution in [2.45, 2.75) is 32.7 Å². The van der Waals surface area contributed by atoms with Crippen molar-refractivity contribution in [2.75, 3.05) is 5.32 Å². The van der Waals surface area contributed by atoms with Crippen molar-refractivity contribution in [1.82, 2.24) is 19.6 Å². The third kappa shape index (κ3) is 3.18. The number of aryl methyl sites for hydroxylation is 2. The van der Waals surface area contributed by atoms with Crippen LogP contribution in [0.15, 0.2) is 42.7 Å². The molecule has 0 unspecified atom stereocenters. The first-order valence-electron chi connectivity index (χ1n) is 7.20. The summed E-state index contributed by atoms with van der Waals surface area (Å²) in [6.45, 7) is 4.15. The second-order valence-electron chi connectivity index (χ2n) is 5.32. The average Bonchev–Trinajstić information content (AvgIpc) is 2.94. The van der Waals surface area contributed by atoms with E-state index in [2.05, 4.69) is 51.6 Å². The zero-order chi connectivity index (χ0) is 14.7. The Morgan fingerprint density at radius 2 is 2.05 bits per heavy atom. The molecule has 3 rings (SSSR count). The van der Waals surface area contributed by atoms with E-state index in [9.17, 15) is 0 Å². The predicted molar refractivity (Wildman–Crippen MR) is 83.4 cm³/mol. The fourth-order valence-corrected chi connectivity index (χ4v) is 2.39. The molecular formula is C16H19N5. The van der Waals surface area contributed by atoms with Gasteiger partial charge in [-0.25, -0.2) is 4.98 Å². The molecule has 3 aromatic rings. The molecular weight excluding hydrogens is 262 g/mol. The number of fused-ring (bicyclic) bond motifs is 1. The molecule has 5 heteroatoms. The number of anilines is 1. The van der Waals surface area contributed by atoms with Gasteiger partial charge in [-0.05, 0) is 32.3 Å². The van der Waals surface area contributed by atoms with Gasteiger partial charge in [-0.15, -0.1) is 0 Å². The molecule has 0 fully saturated rings. The molecule has 0 spiro atoms. The Labute approximate surface area is 124 Å². The number of benzene rings is 1. The molecule has 0 aliphatic heterocycles. The monoisotopic (exact) mass is 281 g/mol. The molecule has 0 aliphatic carbocycles. The standard InChI is InChI=1S/C16H19N5/c1-12(8-9-14-6-4-3-5-7-14)19-15-10-13(2)20-16-17-11-18-21(15)16/h3-7,10-12,19H,8-9H2,1-2H3/t12-/m1/s1. The quantitative estimate of drug-likeness (QED) is 0.781. The highest BCUT2D eigenvalue weighted by Gasteiger charge is 2.08. The minimum absolute atomic E-state index is 0.347. The lowest BCUT2D eigenvalue weighted by Gasteiger charge is -2.16. The molecule has 0 aliphatic rings. The minimum atomic E-state index is 0.347.